The number of hydrogen-bond acceptors (Lipinski definition) is 6. The summed E-state index contributed by atoms with van der Waals surface area (Å²) in [5.41, 5.74) is 4.72. The van der Waals surface area contributed by atoms with Gasteiger partial charge in [-0.25, -0.2) is 8.78 Å². The van der Waals surface area contributed by atoms with Gasteiger partial charge in [-0.2, -0.15) is 0 Å². The van der Waals surface area contributed by atoms with Crippen LogP contribution in [-0.2, 0) is 23.8 Å². The first-order chi connectivity index (χ1) is 21.0. The fraction of sp³-hybridized carbons (Fsp3) is 0.485. The van der Waals surface area contributed by atoms with E-state index in [1.54, 1.807) is 20.1 Å². The van der Waals surface area contributed by atoms with Crippen molar-refractivity contribution in [2.24, 2.45) is 16.1 Å². The molecule has 242 valence electrons. The van der Waals surface area contributed by atoms with Gasteiger partial charge in [0.25, 0.3) is 0 Å². The highest BCUT2D eigenvalue weighted by molar-refractivity contribution is 6.11. The first kappa shape index (κ1) is 36.2. The van der Waals surface area contributed by atoms with Crippen LogP contribution in [0.4, 0.5) is 14.5 Å². The van der Waals surface area contributed by atoms with Gasteiger partial charge >= 0.3 is 0 Å². The number of hydrogen-bond donors (Lipinski definition) is 3. The number of nitrogens with two attached hydrogens (primary N) is 1. The summed E-state index contributed by atoms with van der Waals surface area (Å²) < 4.78 is 44.9. The number of benzene rings is 1. The van der Waals surface area contributed by atoms with Crippen LogP contribution < -0.4 is 16.4 Å². The molecule has 44 heavy (non-hydrogen) atoms. The molecular formula is C33H46F2N4O5. The van der Waals surface area contributed by atoms with E-state index in [1.807, 2.05) is 26.8 Å². The van der Waals surface area contributed by atoms with E-state index in [-0.39, 0.29) is 6.42 Å². The minimum absolute atomic E-state index is 0.0968. The van der Waals surface area contributed by atoms with Gasteiger partial charge in [-0.15, -0.1) is 0 Å². The first-order valence-electron chi connectivity index (χ1n) is 14.8. The molecule has 0 aliphatic heterocycles. The highest BCUT2D eigenvalue weighted by Crippen LogP contribution is 2.42. The molecule has 1 aromatic rings. The molecule has 0 aromatic heterocycles. The van der Waals surface area contributed by atoms with Gasteiger partial charge in [-0.1, -0.05) is 25.5 Å². The van der Waals surface area contributed by atoms with Crippen LogP contribution in [0.5, 0.6) is 0 Å². The third kappa shape index (κ3) is 10.6. The number of rotatable bonds is 18. The molecule has 0 spiro atoms. The molecule has 1 unspecified atom stereocenters. The highest BCUT2D eigenvalue weighted by Gasteiger charge is 2.50. The number of carbonyl (C=O) groups is 2. The van der Waals surface area contributed by atoms with Gasteiger partial charge in [0.15, 0.2) is 6.10 Å². The van der Waals surface area contributed by atoms with Crippen molar-refractivity contribution in [2.75, 3.05) is 25.6 Å². The predicted octanol–water partition coefficient (Wildman–Crippen LogP) is 6.21. The molecule has 9 nitrogen and oxygen atoms in total. The summed E-state index contributed by atoms with van der Waals surface area (Å²) in [5, 5.41) is 5.35. The Morgan fingerprint density at radius 1 is 1.20 bits per heavy atom. The zero-order chi connectivity index (χ0) is 32.6. The summed E-state index contributed by atoms with van der Waals surface area (Å²) in [6.45, 7) is 8.23. The number of amides is 2. The lowest BCUT2D eigenvalue weighted by molar-refractivity contribution is -0.145. The second-order valence-electron chi connectivity index (χ2n) is 10.9. The molecule has 0 bridgehead atoms. The molecule has 1 aliphatic carbocycles. The van der Waals surface area contributed by atoms with Gasteiger partial charge < -0.3 is 30.6 Å². The average Bonchev–Trinajstić information content (AvgIpc) is 2.97. The quantitative estimate of drug-likeness (QED) is 0.0593. The van der Waals surface area contributed by atoms with Gasteiger partial charge in [0.05, 0.1) is 25.2 Å². The monoisotopic (exact) mass is 616 g/mol. The Labute approximate surface area is 259 Å². The number of carbonyl (C=O) groups excluding carboxylic acids is 2. The number of halogens is 2. The summed E-state index contributed by atoms with van der Waals surface area (Å²) in [4.78, 5) is 30.3. The van der Waals surface area contributed by atoms with Gasteiger partial charge in [0.2, 0.25) is 11.8 Å². The van der Waals surface area contributed by atoms with Crippen molar-refractivity contribution >= 4 is 23.8 Å². The van der Waals surface area contributed by atoms with Crippen LogP contribution in [-0.4, -0.2) is 50.1 Å². The minimum atomic E-state index is -1.23. The molecule has 11 heteroatoms. The molecule has 2 amide bonds. The normalized spacial score (nSPS) is 16.5. The van der Waals surface area contributed by atoms with Crippen LogP contribution in [0.1, 0.15) is 66.2 Å². The third-order valence-corrected chi connectivity index (χ3v) is 7.41. The zero-order valence-electron chi connectivity index (χ0n) is 26.3. The number of nitrogens with zero attached hydrogens (tertiary/aromatic N) is 1. The van der Waals surface area contributed by atoms with E-state index in [9.17, 15) is 18.4 Å². The van der Waals surface area contributed by atoms with E-state index in [4.69, 9.17) is 19.9 Å². The van der Waals surface area contributed by atoms with Crippen LogP contribution in [0, 0.1) is 11.2 Å². The summed E-state index contributed by atoms with van der Waals surface area (Å²) in [7, 11) is 1.57. The number of ether oxygens (including phenoxy) is 3. The zero-order valence-corrected chi connectivity index (χ0v) is 26.3. The van der Waals surface area contributed by atoms with Gasteiger partial charge in [0, 0.05) is 18.7 Å². The molecule has 1 fully saturated rings. The van der Waals surface area contributed by atoms with E-state index in [0.717, 1.165) is 18.4 Å². The molecule has 1 atom stereocenters. The number of allylic oxidation sites excluding steroid dienone is 2. The van der Waals surface area contributed by atoms with Gasteiger partial charge in [-0.3, -0.25) is 14.6 Å². The fourth-order valence-electron chi connectivity index (χ4n) is 4.37. The topological polar surface area (TPSA) is 124 Å². The Hall–Kier alpha value is -3.99. The van der Waals surface area contributed by atoms with Crippen LogP contribution >= 0.6 is 0 Å². The fourth-order valence-corrected chi connectivity index (χ4v) is 4.37. The molecule has 0 radical (unpaired) electrons. The number of anilines is 1. The Bertz CT molecular complexity index is 1240. The molecule has 1 aliphatic rings. The Morgan fingerprint density at radius 2 is 1.91 bits per heavy atom. The van der Waals surface area contributed by atoms with Crippen molar-refractivity contribution in [3.05, 3.63) is 77.9 Å². The van der Waals surface area contributed by atoms with Gasteiger partial charge in [-0.05, 0) is 88.6 Å². The molecular weight excluding hydrogens is 570 g/mol. The maximum absolute atomic E-state index is 14.8. The molecule has 0 saturated heterocycles. The summed E-state index contributed by atoms with van der Waals surface area (Å²) >= 11 is 0. The lowest BCUT2D eigenvalue weighted by Gasteiger charge is -2.38. The first-order valence-corrected chi connectivity index (χ1v) is 14.8. The van der Waals surface area contributed by atoms with E-state index in [0.29, 0.717) is 43.9 Å². The third-order valence-electron chi connectivity index (χ3n) is 7.41. The van der Waals surface area contributed by atoms with E-state index < -0.39 is 40.5 Å². The average molecular weight is 617 g/mol. The lowest BCUT2D eigenvalue weighted by atomic mass is 9.67. The van der Waals surface area contributed by atoms with Crippen LogP contribution in [0.25, 0.3) is 0 Å². The maximum atomic E-state index is 14.8. The van der Waals surface area contributed by atoms with Crippen LogP contribution in [0.3, 0.4) is 0 Å². The van der Waals surface area contributed by atoms with Crippen molar-refractivity contribution in [2.45, 2.75) is 77.9 Å². The number of nitrogens with one attached hydrogen (secondary N) is 2. The summed E-state index contributed by atoms with van der Waals surface area (Å²) in [5.74, 6) is -1.19. The van der Waals surface area contributed by atoms with E-state index in [1.165, 1.54) is 49.1 Å². The molecule has 0 heterocycles. The number of methoxy groups -OCH3 is 1. The smallest absolute Gasteiger partial charge is 0.240 e. The molecule has 2 rings (SSSR count). The van der Waals surface area contributed by atoms with Gasteiger partial charge in [0.1, 0.15) is 29.4 Å². The predicted molar refractivity (Wildman–Crippen MR) is 169 cm³/mol. The molecule has 1 aromatic carbocycles. The summed E-state index contributed by atoms with van der Waals surface area (Å²) in [6.07, 6.45) is 10.7. The second-order valence-corrected chi connectivity index (χ2v) is 10.9. The standard InChI is InChI=1S/C33H46F2N4O5/c1-6-20-43-22-27(42-5)16-11-24(32(3,4)38-23-36)21-44-29(28(35)7-2)10-8-19-37-30(40)33(17-9-18-33)31(41)39-26-14-12-25(34)13-15-26/h7-8,12-16,19,21,23,29H,6,9-11,17-18,20,22H2,1-5H3,(H2,36,38)(H,37,40)(H,39,41)/b19-8+,24-21+,27-16+,28-7+. The Morgan fingerprint density at radius 3 is 2.48 bits per heavy atom. The van der Waals surface area contributed by atoms with Crippen molar-refractivity contribution < 1.29 is 32.6 Å². The van der Waals surface area contributed by atoms with Crippen LogP contribution in [0.15, 0.2) is 77.1 Å². The number of aliphatic imine (C=N–C) groups is 1. The van der Waals surface area contributed by atoms with Crippen molar-refractivity contribution in [3.8, 4) is 0 Å². The van der Waals surface area contributed by atoms with E-state index in [2.05, 4.69) is 15.6 Å². The van der Waals surface area contributed by atoms with E-state index >= 15 is 0 Å². The Balaban J connectivity index is 2.11. The minimum Gasteiger partial charge on any atom is -0.499 e. The van der Waals surface area contributed by atoms with Crippen molar-refractivity contribution in [3.63, 3.8) is 0 Å². The summed E-state index contributed by atoms with van der Waals surface area (Å²) in [6, 6.07) is 5.34. The second kappa shape index (κ2) is 18.0. The molecule has 1 saturated carbocycles. The highest BCUT2D eigenvalue weighted by atomic mass is 19.1. The molecule has 4 N–H and O–H groups in total. The van der Waals surface area contributed by atoms with Crippen molar-refractivity contribution in [1.82, 2.24) is 5.32 Å². The maximum Gasteiger partial charge on any atom is 0.240 e. The van der Waals surface area contributed by atoms with Crippen LogP contribution in [0.2, 0.25) is 0 Å². The lowest BCUT2D eigenvalue weighted by Crippen LogP contribution is -2.52. The van der Waals surface area contributed by atoms with Crippen molar-refractivity contribution in [1.29, 1.82) is 0 Å². The SMILES string of the molecule is C/C=C(/F)C(C/C=C/NC(=O)C1(C(=O)Nc2ccc(F)cc2)CCC1)O/C=C(\C/C=C(\COCCC)OC)C(C)(C)N=CN. The Kier molecular flexibility index (Phi) is 14.8. The largest absolute Gasteiger partial charge is 0.499 e.